The molecule has 1 heterocycles. The number of hydrogen-bond acceptors (Lipinski definition) is 5. The molecule has 2 amide bonds. The number of amides is 2. The van der Waals surface area contributed by atoms with Crippen LogP contribution in [0.2, 0.25) is 0 Å². The van der Waals surface area contributed by atoms with Gasteiger partial charge in [0.2, 0.25) is 17.0 Å². The van der Waals surface area contributed by atoms with E-state index in [9.17, 15) is 9.59 Å². The van der Waals surface area contributed by atoms with Crippen LogP contribution in [0.1, 0.15) is 12.7 Å². The van der Waals surface area contributed by atoms with Crippen LogP contribution in [0.15, 0.2) is 33.9 Å². The summed E-state index contributed by atoms with van der Waals surface area (Å²) in [6.45, 7) is 1.88. The number of hydrogen-bond donors (Lipinski definition) is 3. The number of aromatic amines is 1. The van der Waals surface area contributed by atoms with Crippen molar-refractivity contribution in [2.75, 3.05) is 17.6 Å². The number of nitrogens with zero attached hydrogens (tertiary/aromatic N) is 2. The smallest absolute Gasteiger partial charge is 0.243 e. The Hall–Kier alpha value is -1.87. The third kappa shape index (κ3) is 5.68. The molecule has 0 radical (unpaired) electrons. The Kier molecular flexibility index (Phi) is 6.60. The monoisotopic (exact) mass is 397 g/mol. The summed E-state index contributed by atoms with van der Waals surface area (Å²) in [4.78, 5) is 27.7. The first-order valence-corrected chi connectivity index (χ1v) is 8.71. The molecule has 0 unspecified atom stereocenters. The van der Waals surface area contributed by atoms with Gasteiger partial charge in [-0.05, 0) is 28.1 Å². The lowest BCUT2D eigenvalue weighted by Gasteiger charge is -2.08. The number of halogens is 1. The highest BCUT2D eigenvalue weighted by Gasteiger charge is 2.09. The minimum absolute atomic E-state index is 0.0884. The van der Waals surface area contributed by atoms with E-state index in [1.54, 1.807) is 6.07 Å². The van der Waals surface area contributed by atoms with E-state index < -0.39 is 0 Å². The number of aromatic nitrogens is 3. The van der Waals surface area contributed by atoms with Crippen molar-refractivity contribution >= 4 is 45.2 Å². The summed E-state index contributed by atoms with van der Waals surface area (Å²) in [7, 11) is 0. The normalized spacial score (nSPS) is 10.3. The summed E-state index contributed by atoms with van der Waals surface area (Å²) < 4.78 is 0.784. The Morgan fingerprint density at radius 2 is 2.09 bits per heavy atom. The van der Waals surface area contributed by atoms with Crippen LogP contribution >= 0.6 is 27.7 Å². The number of H-pyrrole nitrogens is 1. The molecule has 3 N–H and O–H groups in total. The summed E-state index contributed by atoms with van der Waals surface area (Å²) in [6, 6.07) is 7.27. The molecule has 0 saturated heterocycles. The molecule has 0 spiro atoms. The third-order valence-electron chi connectivity index (χ3n) is 2.77. The van der Waals surface area contributed by atoms with E-state index in [-0.39, 0.29) is 24.1 Å². The van der Waals surface area contributed by atoms with Gasteiger partial charge in [-0.25, -0.2) is 4.98 Å². The second-order valence-electron chi connectivity index (χ2n) is 4.51. The Morgan fingerprint density at radius 3 is 2.78 bits per heavy atom. The maximum Gasteiger partial charge on any atom is 0.243 e. The molecule has 0 aliphatic carbocycles. The highest BCUT2D eigenvalue weighted by molar-refractivity contribution is 9.10. The van der Waals surface area contributed by atoms with Gasteiger partial charge in [-0.2, -0.15) is 0 Å². The lowest BCUT2D eigenvalue weighted by molar-refractivity contribution is -0.122. The van der Waals surface area contributed by atoms with E-state index >= 15 is 0 Å². The zero-order chi connectivity index (χ0) is 16.7. The van der Waals surface area contributed by atoms with Gasteiger partial charge >= 0.3 is 0 Å². The second kappa shape index (κ2) is 8.68. The van der Waals surface area contributed by atoms with Crippen LogP contribution in [-0.2, 0) is 16.0 Å². The third-order valence-corrected chi connectivity index (χ3v) is 4.31. The number of para-hydroxylation sites is 1. The molecular formula is C14H16BrN5O2S. The van der Waals surface area contributed by atoms with Crippen molar-refractivity contribution < 1.29 is 9.59 Å². The Morgan fingerprint density at radius 1 is 1.30 bits per heavy atom. The van der Waals surface area contributed by atoms with Crippen LogP contribution in [0.3, 0.4) is 0 Å². The number of rotatable bonds is 7. The zero-order valence-electron chi connectivity index (χ0n) is 12.4. The molecule has 1 aromatic heterocycles. The van der Waals surface area contributed by atoms with Crippen LogP contribution in [0.5, 0.6) is 0 Å². The fourth-order valence-electron chi connectivity index (χ4n) is 1.62. The minimum Gasteiger partial charge on any atom is -0.346 e. The van der Waals surface area contributed by atoms with Crippen molar-refractivity contribution in [1.29, 1.82) is 0 Å². The van der Waals surface area contributed by atoms with Crippen molar-refractivity contribution in [3.63, 3.8) is 0 Å². The Labute approximate surface area is 146 Å². The first-order valence-electron chi connectivity index (χ1n) is 6.93. The molecule has 23 heavy (non-hydrogen) atoms. The van der Waals surface area contributed by atoms with E-state index in [4.69, 9.17) is 0 Å². The highest BCUT2D eigenvalue weighted by Crippen LogP contribution is 2.20. The van der Waals surface area contributed by atoms with Crippen molar-refractivity contribution in [3.05, 3.63) is 34.6 Å². The molecule has 2 aromatic rings. The molecule has 2 rings (SSSR count). The largest absolute Gasteiger partial charge is 0.346 e. The van der Waals surface area contributed by atoms with Crippen molar-refractivity contribution in [1.82, 2.24) is 20.5 Å². The van der Waals surface area contributed by atoms with E-state index in [1.807, 2.05) is 25.1 Å². The van der Waals surface area contributed by atoms with Gasteiger partial charge in [0.05, 0.1) is 18.0 Å². The van der Waals surface area contributed by atoms with Crippen LogP contribution < -0.4 is 10.6 Å². The van der Waals surface area contributed by atoms with Crippen LogP contribution in [-0.4, -0.2) is 39.3 Å². The number of benzene rings is 1. The van der Waals surface area contributed by atoms with Gasteiger partial charge in [0.25, 0.3) is 0 Å². The predicted molar refractivity (Wildman–Crippen MR) is 92.3 cm³/mol. The van der Waals surface area contributed by atoms with Crippen molar-refractivity contribution in [2.45, 2.75) is 18.5 Å². The fourth-order valence-corrected chi connectivity index (χ4v) is 2.65. The number of carbonyl (C=O) groups is 2. The molecule has 0 aliphatic heterocycles. The van der Waals surface area contributed by atoms with Crippen molar-refractivity contribution in [3.8, 4) is 0 Å². The van der Waals surface area contributed by atoms with E-state index in [0.717, 1.165) is 16.7 Å². The molecule has 0 bridgehead atoms. The molecule has 0 saturated carbocycles. The average molecular weight is 398 g/mol. The summed E-state index contributed by atoms with van der Waals surface area (Å²) in [5.41, 5.74) is 0.661. The number of nitrogens with one attached hydrogen (secondary N) is 3. The maximum atomic E-state index is 11.8. The standard InChI is InChI=1S/C14H16BrN5O2S/c1-2-11-18-14(20-19-11)23-8-13(22)16-7-12(21)17-10-6-4-3-5-9(10)15/h3-6H,2,7-8H2,1H3,(H,16,22)(H,17,21)(H,18,19,20). The number of aryl methyl sites for hydroxylation is 1. The summed E-state index contributed by atoms with van der Waals surface area (Å²) in [6.07, 6.45) is 0.759. The van der Waals surface area contributed by atoms with E-state index in [0.29, 0.717) is 10.8 Å². The number of carbonyl (C=O) groups excluding carboxylic acids is 2. The molecule has 0 fully saturated rings. The fraction of sp³-hybridized carbons (Fsp3) is 0.286. The topological polar surface area (TPSA) is 99.8 Å². The first kappa shape index (κ1) is 17.5. The first-order chi connectivity index (χ1) is 11.1. The van der Waals surface area contributed by atoms with Crippen molar-refractivity contribution in [2.24, 2.45) is 0 Å². The summed E-state index contributed by atoms with van der Waals surface area (Å²) in [5, 5.41) is 12.6. The number of thioether (sulfide) groups is 1. The SMILES string of the molecule is CCc1nc(SCC(=O)NCC(=O)Nc2ccccc2Br)n[nH]1. The molecule has 7 nitrogen and oxygen atoms in total. The van der Waals surface area contributed by atoms with Gasteiger partial charge in [0, 0.05) is 10.9 Å². The molecule has 0 atom stereocenters. The molecule has 0 aliphatic rings. The van der Waals surface area contributed by atoms with Gasteiger partial charge < -0.3 is 10.6 Å². The van der Waals surface area contributed by atoms with Crippen LogP contribution in [0, 0.1) is 0 Å². The summed E-state index contributed by atoms with van der Waals surface area (Å²) in [5.74, 6) is 0.394. The molecule has 9 heteroatoms. The van der Waals surface area contributed by atoms with Gasteiger partial charge in [-0.15, -0.1) is 5.10 Å². The van der Waals surface area contributed by atoms with Gasteiger partial charge in [-0.3, -0.25) is 14.7 Å². The second-order valence-corrected chi connectivity index (χ2v) is 6.31. The van der Waals surface area contributed by atoms with Crippen LogP contribution in [0.25, 0.3) is 0 Å². The predicted octanol–water partition coefficient (Wildman–Crippen LogP) is 1.98. The minimum atomic E-state index is -0.290. The molecule has 122 valence electrons. The zero-order valence-corrected chi connectivity index (χ0v) is 14.8. The lowest BCUT2D eigenvalue weighted by Crippen LogP contribution is -2.33. The molecular weight excluding hydrogens is 382 g/mol. The maximum absolute atomic E-state index is 11.8. The van der Waals surface area contributed by atoms with E-state index in [2.05, 4.69) is 41.7 Å². The summed E-state index contributed by atoms with van der Waals surface area (Å²) >= 11 is 4.56. The average Bonchev–Trinajstić information content (AvgIpc) is 3.01. The molecule has 1 aromatic carbocycles. The van der Waals surface area contributed by atoms with E-state index in [1.165, 1.54) is 11.8 Å². The Balaban J connectivity index is 1.71. The van der Waals surface area contributed by atoms with Gasteiger partial charge in [0.15, 0.2) is 0 Å². The highest BCUT2D eigenvalue weighted by atomic mass is 79.9. The van der Waals surface area contributed by atoms with Gasteiger partial charge in [0.1, 0.15) is 5.82 Å². The lowest BCUT2D eigenvalue weighted by atomic mass is 10.3. The van der Waals surface area contributed by atoms with Crippen LogP contribution in [0.4, 0.5) is 5.69 Å². The Bertz CT molecular complexity index is 691. The quantitative estimate of drug-likeness (QED) is 0.620. The van der Waals surface area contributed by atoms with Gasteiger partial charge in [-0.1, -0.05) is 30.8 Å². The number of anilines is 1.